The molecule has 4 rings (SSSR count). The molecule has 56 heavy (non-hydrogen) atoms. The molecule has 2 aromatic heterocycles. The van der Waals surface area contributed by atoms with Crippen molar-refractivity contribution in [3.63, 3.8) is 0 Å². The van der Waals surface area contributed by atoms with Crippen LogP contribution in [0, 0.1) is 28.7 Å². The lowest BCUT2D eigenvalue weighted by Crippen LogP contribution is -2.24. The van der Waals surface area contributed by atoms with E-state index in [2.05, 4.69) is 54.6 Å². The fourth-order valence-electron chi connectivity index (χ4n) is 5.48. The zero-order valence-electron chi connectivity index (χ0n) is 32.5. The van der Waals surface area contributed by atoms with Crippen LogP contribution in [-0.2, 0) is 31.8 Å². The van der Waals surface area contributed by atoms with E-state index in [0.717, 1.165) is 43.6 Å². The van der Waals surface area contributed by atoms with Gasteiger partial charge in [-0.1, -0.05) is 51.4 Å². The maximum atomic E-state index is 16.8. The molecule has 0 spiro atoms. The Labute approximate surface area is 326 Å². The van der Waals surface area contributed by atoms with E-state index in [1.54, 1.807) is 0 Å². The van der Waals surface area contributed by atoms with Gasteiger partial charge in [0.15, 0.2) is 21.5 Å². The number of anilines is 1. The maximum absolute atomic E-state index is 16.8. The van der Waals surface area contributed by atoms with Crippen molar-refractivity contribution in [2.75, 3.05) is 39.0 Å². The van der Waals surface area contributed by atoms with Gasteiger partial charge in [0, 0.05) is 46.1 Å². The summed E-state index contributed by atoms with van der Waals surface area (Å²) in [4.78, 5) is 7.26. The number of pyridine rings is 1. The van der Waals surface area contributed by atoms with E-state index >= 15 is 13.2 Å². The molecule has 0 bridgehead atoms. The second kappa shape index (κ2) is 18.5. The van der Waals surface area contributed by atoms with E-state index in [9.17, 15) is 28.4 Å². The molecule has 4 N–H and O–H groups in total. The maximum Gasteiger partial charge on any atom is 0.232 e. The Morgan fingerprint density at radius 3 is 2.23 bits per heavy atom. The Kier molecular flexibility index (Phi) is 14.8. The number of benzene rings is 2. The number of aliphatic hydroxyl groups is 2. The van der Waals surface area contributed by atoms with Crippen LogP contribution >= 0.6 is 0 Å². The third-order valence-electron chi connectivity index (χ3n) is 8.70. The van der Waals surface area contributed by atoms with Crippen molar-refractivity contribution in [1.29, 1.82) is 5.41 Å². The molecule has 12 nitrogen and oxygen atoms in total. The molecule has 0 saturated heterocycles. The van der Waals surface area contributed by atoms with Gasteiger partial charge in [-0.15, -0.1) is 0 Å². The van der Waals surface area contributed by atoms with Crippen LogP contribution in [0.3, 0.4) is 0 Å². The minimum absolute atomic E-state index is 0.0535. The van der Waals surface area contributed by atoms with E-state index < -0.39 is 95.2 Å². The monoisotopic (exact) mass is 839 g/mol. The summed E-state index contributed by atoms with van der Waals surface area (Å²) in [6.45, 7) is 12.6. The summed E-state index contributed by atoms with van der Waals surface area (Å²) >= 11 is 0. The van der Waals surface area contributed by atoms with E-state index in [1.165, 1.54) is 16.8 Å². The molecule has 0 amide bonds. The molecule has 19 heteroatoms. The second-order valence-electron chi connectivity index (χ2n) is 15.6. The summed E-state index contributed by atoms with van der Waals surface area (Å²) in [6.07, 6.45) is 0.641. The molecule has 0 radical (unpaired) electrons. The van der Waals surface area contributed by atoms with Gasteiger partial charge in [-0.05, 0) is 30.3 Å². The number of methoxy groups -OCH3 is 1. The first-order valence-corrected chi connectivity index (χ1v) is 26.8. The van der Waals surface area contributed by atoms with Crippen molar-refractivity contribution < 1.29 is 50.4 Å². The second-order valence-corrected chi connectivity index (χ2v) is 28.8. The molecule has 0 fully saturated rings. The van der Waals surface area contributed by atoms with Crippen LogP contribution < -0.4 is 10.1 Å². The minimum Gasteiger partial charge on any atom is -0.480 e. The molecular weight excluding hydrogens is 791 g/mol. The fourth-order valence-corrected chi connectivity index (χ4v) is 8.48. The van der Waals surface area contributed by atoms with Gasteiger partial charge >= 0.3 is 0 Å². The van der Waals surface area contributed by atoms with E-state index in [1.807, 2.05) is 0 Å². The molecule has 1 unspecified atom stereocenters. The molecular formula is C37H49F4N5O7SSi2. The lowest BCUT2D eigenvalue weighted by molar-refractivity contribution is 0.0603. The molecule has 4 aromatic rings. The number of nitrogens with zero attached hydrogens (tertiary/aromatic N) is 3. The zero-order chi connectivity index (χ0) is 41.6. The number of sulfone groups is 1. The zero-order valence-corrected chi connectivity index (χ0v) is 35.3. The molecule has 0 saturated carbocycles. The summed E-state index contributed by atoms with van der Waals surface area (Å²) in [6, 6.07) is 6.26. The third kappa shape index (κ3) is 11.1. The smallest absolute Gasteiger partial charge is 0.232 e. The van der Waals surface area contributed by atoms with Crippen LogP contribution in [0.1, 0.15) is 28.7 Å². The van der Waals surface area contributed by atoms with Gasteiger partial charge < -0.3 is 34.3 Å². The van der Waals surface area contributed by atoms with E-state index in [4.69, 9.17) is 14.2 Å². The average molecular weight is 840 g/mol. The summed E-state index contributed by atoms with van der Waals surface area (Å²) in [7, 11) is -6.38. The van der Waals surface area contributed by atoms with Gasteiger partial charge in [0.05, 0.1) is 48.8 Å². The third-order valence-corrected chi connectivity index (χ3v) is 13.8. The van der Waals surface area contributed by atoms with Gasteiger partial charge in [-0.3, -0.25) is 5.41 Å². The first-order chi connectivity index (χ1) is 26.2. The highest BCUT2D eigenvalue weighted by atomic mass is 32.2. The number of aromatic nitrogens is 3. The summed E-state index contributed by atoms with van der Waals surface area (Å²) in [5, 5.41) is 32.3. The largest absolute Gasteiger partial charge is 0.480 e. The molecule has 0 aliphatic heterocycles. The molecule has 2 aromatic carbocycles. The van der Waals surface area contributed by atoms with Gasteiger partial charge in [0.2, 0.25) is 5.88 Å². The first kappa shape index (κ1) is 44.7. The molecule has 2 heterocycles. The number of halogens is 4. The lowest BCUT2D eigenvalue weighted by Gasteiger charge is -2.20. The SMILES string of the molecule is COc1ncc(F)cc1S(=O)(=O)Cc1ccc(F)c(-c2ccc(C(=N)c3ncc(C(O)CO)n3COCC[Si](C)(C)C)c(NCOCC[Si](C)(C)C)c2F)c1F. The van der Waals surface area contributed by atoms with Crippen LogP contribution in [0.25, 0.3) is 11.1 Å². The number of ether oxygens (including phenoxy) is 3. The van der Waals surface area contributed by atoms with Crippen molar-refractivity contribution in [3.8, 4) is 17.0 Å². The number of imidazole rings is 1. The predicted molar refractivity (Wildman–Crippen MR) is 210 cm³/mol. The standard InChI is InChI=1S/C37H49F4N5O7SSi2/c1-51-37-30(16-24(38)17-44-37)54(49,50)20-23-8-11-27(39)31(32(23)40)25-9-10-26(35(33(25)41)45-21-52-12-14-55(2,3)4)34(42)36-43-18-28(29(48)19-47)46(36)22-53-13-15-56(5,6)7/h8-11,16-18,29,42,45,47-48H,12-15,19-22H2,1-7H3. The predicted octanol–water partition coefficient (Wildman–Crippen LogP) is 6.96. The Balaban J connectivity index is 1.80. The topological polar surface area (TPSA) is 169 Å². The highest BCUT2D eigenvalue weighted by Crippen LogP contribution is 2.37. The van der Waals surface area contributed by atoms with Crippen molar-refractivity contribution in [3.05, 3.63) is 88.6 Å². The fraction of sp³-hybridized carbons (Fsp3) is 0.432. The number of aliphatic hydroxyl groups excluding tert-OH is 2. The molecule has 0 aliphatic rings. The van der Waals surface area contributed by atoms with Gasteiger partial charge in [-0.2, -0.15) is 0 Å². The van der Waals surface area contributed by atoms with Crippen molar-refractivity contribution >= 4 is 37.4 Å². The molecule has 0 aliphatic carbocycles. The van der Waals surface area contributed by atoms with Crippen LogP contribution in [0.5, 0.6) is 5.88 Å². The minimum atomic E-state index is -4.52. The molecule has 1 atom stereocenters. The number of nitrogens with one attached hydrogen (secondary N) is 2. The average Bonchev–Trinajstić information content (AvgIpc) is 3.54. The summed E-state index contributed by atoms with van der Waals surface area (Å²) in [5.74, 6) is -6.32. The highest BCUT2D eigenvalue weighted by molar-refractivity contribution is 7.90. The Morgan fingerprint density at radius 1 is 0.946 bits per heavy atom. The van der Waals surface area contributed by atoms with Crippen LogP contribution in [-0.4, -0.2) is 88.7 Å². The Hall–Kier alpha value is -3.99. The van der Waals surface area contributed by atoms with Gasteiger partial charge in [-0.25, -0.2) is 35.9 Å². The normalized spacial score (nSPS) is 12.9. The number of rotatable bonds is 20. The highest BCUT2D eigenvalue weighted by Gasteiger charge is 2.29. The quantitative estimate of drug-likeness (QED) is 0.0240. The summed E-state index contributed by atoms with van der Waals surface area (Å²) in [5.41, 5.74) is -2.70. The van der Waals surface area contributed by atoms with Crippen LogP contribution in [0.2, 0.25) is 51.4 Å². The van der Waals surface area contributed by atoms with Crippen molar-refractivity contribution in [1.82, 2.24) is 14.5 Å². The first-order valence-electron chi connectivity index (χ1n) is 17.7. The van der Waals surface area contributed by atoms with E-state index in [-0.39, 0.29) is 41.9 Å². The van der Waals surface area contributed by atoms with Crippen LogP contribution in [0.15, 0.2) is 47.6 Å². The number of hydrogen-bond donors (Lipinski definition) is 4. The number of hydrogen-bond acceptors (Lipinski definition) is 11. The van der Waals surface area contributed by atoms with Crippen molar-refractivity contribution in [2.45, 2.75) is 74.9 Å². The van der Waals surface area contributed by atoms with Crippen LogP contribution in [0.4, 0.5) is 23.2 Å². The lowest BCUT2D eigenvalue weighted by atomic mass is 9.96. The Bertz CT molecular complexity index is 2140. The molecule has 306 valence electrons. The Morgan fingerprint density at radius 2 is 1.61 bits per heavy atom. The van der Waals surface area contributed by atoms with E-state index in [0.29, 0.717) is 19.3 Å². The van der Waals surface area contributed by atoms with Gasteiger partial charge in [0.25, 0.3) is 0 Å². The van der Waals surface area contributed by atoms with Gasteiger partial charge in [0.1, 0.15) is 47.6 Å². The summed E-state index contributed by atoms with van der Waals surface area (Å²) < 4.78 is 107. The van der Waals surface area contributed by atoms with Crippen molar-refractivity contribution in [2.24, 2.45) is 0 Å².